The van der Waals surface area contributed by atoms with Gasteiger partial charge in [-0.1, -0.05) is 77.9 Å². The number of hydrogen-bond donors (Lipinski definition) is 0. The molecule has 3 aromatic carbocycles. The molecule has 3 aliphatic rings. The Morgan fingerprint density at radius 2 is 0.960 bits per heavy atom. The molecule has 0 radical (unpaired) electrons. The van der Waals surface area contributed by atoms with Crippen LogP contribution in [0.2, 0.25) is 0 Å². The van der Waals surface area contributed by atoms with E-state index in [1.165, 1.54) is 16.7 Å². The van der Waals surface area contributed by atoms with Gasteiger partial charge in [0.2, 0.25) is 0 Å². The lowest BCUT2D eigenvalue weighted by Gasteiger charge is -2.33. The van der Waals surface area contributed by atoms with Crippen molar-refractivity contribution < 1.29 is 28.4 Å². The maximum absolute atomic E-state index is 6.30. The minimum atomic E-state index is -0.397. The van der Waals surface area contributed by atoms with Crippen molar-refractivity contribution >= 4 is 0 Å². The van der Waals surface area contributed by atoms with E-state index in [4.69, 9.17) is 28.4 Å². The summed E-state index contributed by atoms with van der Waals surface area (Å²) in [6.07, 6.45) is 7.55. The molecule has 3 saturated heterocycles. The van der Waals surface area contributed by atoms with Gasteiger partial charge in [0.25, 0.3) is 0 Å². The van der Waals surface area contributed by atoms with Gasteiger partial charge in [-0.25, -0.2) is 0 Å². The first kappa shape index (κ1) is 41.4. The highest BCUT2D eigenvalue weighted by Gasteiger charge is 2.33. The number of ether oxygens (including phenoxy) is 6. The molecular weight excluding hydrogens is 624 g/mol. The SMILES string of the molecule is CC.CC.CC.Cc1cc(C(C)(c2ccc(OCCCC3CO3)cc2)c2cc(C)c(OCCCC3CO3)c(C)c2)ccc1OCCCC1CO1. The van der Waals surface area contributed by atoms with Gasteiger partial charge in [0, 0.05) is 5.41 Å². The maximum atomic E-state index is 6.30. The molecule has 3 aliphatic heterocycles. The fraction of sp³-hybridized carbons (Fsp3) is 0.591. The van der Waals surface area contributed by atoms with Crippen LogP contribution in [0, 0.1) is 20.8 Å². The molecule has 0 aliphatic carbocycles. The van der Waals surface area contributed by atoms with Crippen LogP contribution in [0.1, 0.15) is 120 Å². The van der Waals surface area contributed by atoms with Gasteiger partial charge >= 0.3 is 0 Å². The van der Waals surface area contributed by atoms with Crippen LogP contribution in [0.25, 0.3) is 0 Å². The first-order valence-corrected chi connectivity index (χ1v) is 19.5. The molecule has 0 spiro atoms. The van der Waals surface area contributed by atoms with E-state index < -0.39 is 5.41 Å². The summed E-state index contributed by atoms with van der Waals surface area (Å²) in [5.74, 6) is 2.84. The van der Waals surface area contributed by atoms with Gasteiger partial charge in [-0.2, -0.15) is 0 Å². The summed E-state index contributed by atoms with van der Waals surface area (Å²) in [6, 6.07) is 19.9. The van der Waals surface area contributed by atoms with E-state index in [0.29, 0.717) is 38.1 Å². The summed E-state index contributed by atoms with van der Waals surface area (Å²) in [4.78, 5) is 0. The molecule has 50 heavy (non-hydrogen) atoms. The molecule has 3 fully saturated rings. The highest BCUT2D eigenvalue weighted by molar-refractivity contribution is 5.56. The smallest absolute Gasteiger partial charge is 0.125 e. The van der Waals surface area contributed by atoms with Crippen LogP contribution in [0.15, 0.2) is 54.6 Å². The summed E-state index contributed by atoms with van der Waals surface area (Å²) in [5, 5.41) is 0. The normalized spacial score (nSPS) is 19.2. The van der Waals surface area contributed by atoms with Crippen molar-refractivity contribution in [1.29, 1.82) is 0 Å². The Bertz CT molecular complexity index is 1370. The van der Waals surface area contributed by atoms with Gasteiger partial charge in [0.05, 0.1) is 58.0 Å². The first-order valence-electron chi connectivity index (χ1n) is 19.5. The largest absolute Gasteiger partial charge is 0.494 e. The Morgan fingerprint density at radius 3 is 1.42 bits per heavy atom. The number of rotatable bonds is 18. The lowest BCUT2D eigenvalue weighted by Crippen LogP contribution is -2.26. The average molecular weight is 691 g/mol. The van der Waals surface area contributed by atoms with Crippen LogP contribution < -0.4 is 14.2 Å². The monoisotopic (exact) mass is 690 g/mol. The fourth-order valence-electron chi connectivity index (χ4n) is 6.16. The van der Waals surface area contributed by atoms with Crippen molar-refractivity contribution in [3.63, 3.8) is 0 Å². The summed E-state index contributed by atoms with van der Waals surface area (Å²) >= 11 is 0. The highest BCUT2D eigenvalue weighted by Crippen LogP contribution is 2.43. The number of benzene rings is 3. The van der Waals surface area contributed by atoms with Gasteiger partial charge < -0.3 is 28.4 Å². The quantitative estimate of drug-likeness (QED) is 0.0752. The van der Waals surface area contributed by atoms with Gasteiger partial charge in [0.1, 0.15) is 17.2 Å². The molecule has 0 amide bonds. The molecule has 0 saturated carbocycles. The Balaban J connectivity index is 0.00000107. The molecule has 278 valence electrons. The van der Waals surface area contributed by atoms with Crippen molar-refractivity contribution in [3.8, 4) is 17.2 Å². The number of hydrogen-bond acceptors (Lipinski definition) is 6. The Kier molecular flexibility index (Phi) is 17.7. The molecule has 4 atom stereocenters. The zero-order valence-electron chi connectivity index (χ0n) is 32.9. The Hall–Kier alpha value is -3.06. The van der Waals surface area contributed by atoms with Gasteiger partial charge in [-0.05, 0) is 118 Å². The predicted molar refractivity (Wildman–Crippen MR) is 207 cm³/mol. The van der Waals surface area contributed by atoms with E-state index in [1.54, 1.807) is 0 Å². The highest BCUT2D eigenvalue weighted by atomic mass is 16.6. The number of aryl methyl sites for hydroxylation is 3. The zero-order chi connectivity index (χ0) is 36.5. The molecule has 3 heterocycles. The summed E-state index contributed by atoms with van der Waals surface area (Å²) in [7, 11) is 0. The predicted octanol–water partition coefficient (Wildman–Crippen LogP) is 10.7. The van der Waals surface area contributed by atoms with E-state index in [-0.39, 0.29) is 0 Å². The lowest BCUT2D eigenvalue weighted by atomic mass is 9.70. The fourth-order valence-corrected chi connectivity index (χ4v) is 6.16. The van der Waals surface area contributed by atoms with E-state index in [1.807, 2.05) is 41.5 Å². The second-order valence-electron chi connectivity index (χ2n) is 12.9. The maximum Gasteiger partial charge on any atom is 0.125 e. The van der Waals surface area contributed by atoms with Crippen LogP contribution in [0.3, 0.4) is 0 Å². The van der Waals surface area contributed by atoms with E-state index in [2.05, 4.69) is 82.3 Å². The third-order valence-corrected chi connectivity index (χ3v) is 9.21. The third kappa shape index (κ3) is 12.3. The minimum Gasteiger partial charge on any atom is -0.494 e. The third-order valence-electron chi connectivity index (χ3n) is 9.21. The first-order chi connectivity index (χ1) is 24.4. The van der Waals surface area contributed by atoms with Crippen molar-refractivity contribution in [1.82, 2.24) is 0 Å². The molecule has 6 heteroatoms. The minimum absolute atomic E-state index is 0.397. The van der Waals surface area contributed by atoms with Crippen LogP contribution in [-0.4, -0.2) is 58.0 Å². The lowest BCUT2D eigenvalue weighted by molar-refractivity contribution is 0.290. The van der Waals surface area contributed by atoms with Crippen LogP contribution >= 0.6 is 0 Å². The average Bonchev–Trinajstić information content (AvgIpc) is 3.98. The molecule has 6 nitrogen and oxygen atoms in total. The summed E-state index contributed by atoms with van der Waals surface area (Å²) in [5.41, 5.74) is 6.74. The second kappa shape index (κ2) is 21.3. The van der Waals surface area contributed by atoms with E-state index in [0.717, 1.165) is 92.3 Å². The second-order valence-corrected chi connectivity index (χ2v) is 12.9. The summed E-state index contributed by atoms with van der Waals surface area (Å²) < 4.78 is 34.6. The number of epoxide rings is 3. The van der Waals surface area contributed by atoms with Crippen molar-refractivity contribution in [2.45, 2.75) is 131 Å². The molecular formula is C44H66O6. The van der Waals surface area contributed by atoms with Crippen molar-refractivity contribution in [3.05, 3.63) is 88.0 Å². The molecule has 4 unspecified atom stereocenters. The van der Waals surface area contributed by atoms with Crippen molar-refractivity contribution in [2.24, 2.45) is 0 Å². The van der Waals surface area contributed by atoms with Gasteiger partial charge in [0.15, 0.2) is 0 Å². The Labute approximate surface area is 304 Å². The molecule has 0 aromatic heterocycles. The zero-order valence-corrected chi connectivity index (χ0v) is 32.9. The molecule has 3 aromatic rings. The molecule has 6 rings (SSSR count). The van der Waals surface area contributed by atoms with Crippen LogP contribution in [0.5, 0.6) is 17.2 Å². The van der Waals surface area contributed by atoms with Gasteiger partial charge in [-0.15, -0.1) is 0 Å². The van der Waals surface area contributed by atoms with Crippen molar-refractivity contribution in [2.75, 3.05) is 39.6 Å². The van der Waals surface area contributed by atoms with E-state index >= 15 is 0 Å². The standard InChI is InChI=1S/C38H48O6.3C2H6/c1-26-20-30(13-16-36(26)40-18-6-9-34-24-43-34)38(4,29-11-14-32(15-12-29)39-17-5-8-33-23-42-33)31-21-27(2)37(28(3)22-31)41-19-7-10-35-25-44-35;3*1-2/h11-16,20-22,33-35H,5-10,17-19,23-25H2,1-4H3;3*1-2H3. The topological polar surface area (TPSA) is 65.3 Å². The van der Waals surface area contributed by atoms with Crippen LogP contribution in [-0.2, 0) is 19.6 Å². The van der Waals surface area contributed by atoms with Crippen LogP contribution in [0.4, 0.5) is 0 Å². The molecule has 0 bridgehead atoms. The Morgan fingerprint density at radius 1 is 0.540 bits per heavy atom. The van der Waals surface area contributed by atoms with E-state index in [9.17, 15) is 0 Å². The van der Waals surface area contributed by atoms with Gasteiger partial charge in [-0.3, -0.25) is 0 Å². The molecule has 0 N–H and O–H groups in total. The summed E-state index contributed by atoms with van der Waals surface area (Å²) in [6.45, 7) is 25.6.